The number of ether oxygens (including phenoxy) is 1. The van der Waals surface area contributed by atoms with E-state index in [2.05, 4.69) is 29.3 Å². The third-order valence-electron chi connectivity index (χ3n) is 2.98. The summed E-state index contributed by atoms with van der Waals surface area (Å²) < 4.78 is 10.6. The summed E-state index contributed by atoms with van der Waals surface area (Å²) in [7, 11) is 0. The standard InChI is InChI=1S/C16H20N2O3S/c1-11(2)20-15(19)10-22-16-18-17-14(21-16)9-12(3)13-7-5-4-6-8-13/h4-8,11-12H,9-10H2,1-3H3. The third kappa shape index (κ3) is 5.18. The van der Waals surface area contributed by atoms with Gasteiger partial charge in [-0.15, -0.1) is 10.2 Å². The van der Waals surface area contributed by atoms with Crippen molar-refractivity contribution in [1.29, 1.82) is 0 Å². The zero-order valence-electron chi connectivity index (χ0n) is 13.0. The van der Waals surface area contributed by atoms with Gasteiger partial charge in [0.1, 0.15) is 5.75 Å². The van der Waals surface area contributed by atoms with Gasteiger partial charge in [0.2, 0.25) is 5.89 Å². The van der Waals surface area contributed by atoms with Crippen molar-refractivity contribution >= 4 is 17.7 Å². The van der Waals surface area contributed by atoms with Crippen molar-refractivity contribution < 1.29 is 13.9 Å². The summed E-state index contributed by atoms with van der Waals surface area (Å²) in [5.74, 6) is 0.771. The van der Waals surface area contributed by atoms with E-state index >= 15 is 0 Å². The highest BCUT2D eigenvalue weighted by Crippen LogP contribution is 2.22. The molecule has 1 heterocycles. The Morgan fingerprint density at radius 2 is 1.95 bits per heavy atom. The van der Waals surface area contributed by atoms with Crippen LogP contribution in [0.4, 0.5) is 0 Å². The van der Waals surface area contributed by atoms with Gasteiger partial charge in [-0.2, -0.15) is 0 Å². The van der Waals surface area contributed by atoms with Crippen LogP contribution in [0.5, 0.6) is 0 Å². The molecule has 2 rings (SSSR count). The number of rotatable bonds is 7. The molecule has 5 nitrogen and oxygen atoms in total. The molecule has 0 aliphatic rings. The van der Waals surface area contributed by atoms with E-state index in [1.807, 2.05) is 32.0 Å². The first-order valence-electron chi connectivity index (χ1n) is 7.24. The summed E-state index contributed by atoms with van der Waals surface area (Å²) >= 11 is 1.20. The molecule has 6 heteroatoms. The second-order valence-corrected chi connectivity index (χ2v) is 6.23. The van der Waals surface area contributed by atoms with Gasteiger partial charge in [-0.05, 0) is 25.3 Å². The Morgan fingerprint density at radius 1 is 1.23 bits per heavy atom. The highest BCUT2D eigenvalue weighted by molar-refractivity contribution is 7.99. The summed E-state index contributed by atoms with van der Waals surface area (Å²) in [5.41, 5.74) is 1.23. The van der Waals surface area contributed by atoms with Crippen molar-refractivity contribution in [2.24, 2.45) is 0 Å². The van der Waals surface area contributed by atoms with Gasteiger partial charge in [-0.25, -0.2) is 0 Å². The Bertz CT molecular complexity index is 598. The molecular formula is C16H20N2O3S. The Labute approximate surface area is 134 Å². The van der Waals surface area contributed by atoms with Crippen LogP contribution < -0.4 is 0 Å². The zero-order valence-corrected chi connectivity index (χ0v) is 13.8. The van der Waals surface area contributed by atoms with Crippen molar-refractivity contribution in [1.82, 2.24) is 10.2 Å². The van der Waals surface area contributed by atoms with Gasteiger partial charge >= 0.3 is 5.97 Å². The number of nitrogens with zero attached hydrogens (tertiary/aromatic N) is 2. The summed E-state index contributed by atoms with van der Waals surface area (Å²) in [6, 6.07) is 10.2. The van der Waals surface area contributed by atoms with Crippen LogP contribution >= 0.6 is 11.8 Å². The Morgan fingerprint density at radius 3 is 2.64 bits per heavy atom. The molecular weight excluding hydrogens is 300 g/mol. The highest BCUT2D eigenvalue weighted by atomic mass is 32.2. The number of benzene rings is 1. The lowest BCUT2D eigenvalue weighted by molar-refractivity contribution is -0.144. The molecule has 0 N–H and O–H groups in total. The van der Waals surface area contributed by atoms with Crippen molar-refractivity contribution in [3.05, 3.63) is 41.8 Å². The lowest BCUT2D eigenvalue weighted by Crippen LogP contribution is -2.13. The van der Waals surface area contributed by atoms with Crippen molar-refractivity contribution in [2.45, 2.75) is 44.4 Å². The number of esters is 1. The van der Waals surface area contributed by atoms with E-state index in [1.165, 1.54) is 17.3 Å². The topological polar surface area (TPSA) is 65.2 Å². The molecule has 22 heavy (non-hydrogen) atoms. The van der Waals surface area contributed by atoms with Crippen molar-refractivity contribution in [2.75, 3.05) is 5.75 Å². The van der Waals surface area contributed by atoms with Crippen molar-refractivity contribution in [3.8, 4) is 0 Å². The predicted molar refractivity (Wildman–Crippen MR) is 84.8 cm³/mol. The van der Waals surface area contributed by atoms with Gasteiger partial charge < -0.3 is 9.15 Å². The summed E-state index contributed by atoms with van der Waals surface area (Å²) in [4.78, 5) is 11.5. The number of aromatic nitrogens is 2. The highest BCUT2D eigenvalue weighted by Gasteiger charge is 2.14. The summed E-state index contributed by atoms with van der Waals surface area (Å²) in [6.45, 7) is 5.75. The average molecular weight is 320 g/mol. The van der Waals surface area contributed by atoms with Gasteiger partial charge in [-0.3, -0.25) is 4.79 Å². The van der Waals surface area contributed by atoms with E-state index in [0.29, 0.717) is 23.5 Å². The van der Waals surface area contributed by atoms with Gasteiger partial charge in [0, 0.05) is 6.42 Å². The second-order valence-electron chi connectivity index (χ2n) is 5.30. The minimum atomic E-state index is -0.280. The van der Waals surface area contributed by atoms with Gasteiger partial charge in [0.25, 0.3) is 5.22 Å². The lowest BCUT2D eigenvalue weighted by atomic mass is 9.98. The first-order chi connectivity index (χ1) is 10.5. The van der Waals surface area contributed by atoms with Gasteiger partial charge in [-0.1, -0.05) is 49.0 Å². The number of thioether (sulfide) groups is 1. The lowest BCUT2D eigenvalue weighted by Gasteiger charge is -2.08. The molecule has 0 saturated heterocycles. The molecule has 0 aliphatic heterocycles. The maximum atomic E-state index is 11.5. The monoisotopic (exact) mass is 320 g/mol. The Kier molecular flexibility index (Phi) is 6.00. The first-order valence-corrected chi connectivity index (χ1v) is 8.22. The fourth-order valence-corrected chi connectivity index (χ4v) is 2.52. The molecule has 0 saturated carbocycles. The van der Waals surface area contributed by atoms with E-state index in [0.717, 1.165) is 0 Å². The SMILES string of the molecule is CC(C)OC(=O)CSc1nnc(CC(C)c2ccccc2)o1. The van der Waals surface area contributed by atoms with E-state index in [1.54, 1.807) is 0 Å². The molecule has 0 spiro atoms. The Balaban J connectivity index is 1.85. The molecule has 1 atom stereocenters. The molecule has 0 bridgehead atoms. The van der Waals surface area contributed by atoms with Gasteiger partial charge in [0.05, 0.1) is 6.10 Å². The van der Waals surface area contributed by atoms with Crippen LogP contribution in [-0.4, -0.2) is 28.0 Å². The predicted octanol–water partition coefficient (Wildman–Crippen LogP) is 3.46. The van der Waals surface area contributed by atoms with E-state index in [4.69, 9.17) is 9.15 Å². The number of hydrogen-bond donors (Lipinski definition) is 0. The molecule has 0 radical (unpaired) electrons. The maximum absolute atomic E-state index is 11.5. The molecule has 1 unspecified atom stereocenters. The van der Waals surface area contributed by atoms with Crippen LogP contribution in [0.15, 0.2) is 40.0 Å². The van der Waals surface area contributed by atoms with Crippen molar-refractivity contribution in [3.63, 3.8) is 0 Å². The quantitative estimate of drug-likeness (QED) is 0.575. The number of carbonyl (C=O) groups excluding carboxylic acids is 1. The fraction of sp³-hybridized carbons (Fsp3) is 0.438. The largest absolute Gasteiger partial charge is 0.462 e. The van der Waals surface area contributed by atoms with Crippen LogP contribution in [0.2, 0.25) is 0 Å². The molecule has 118 valence electrons. The van der Waals surface area contributed by atoms with Crippen LogP contribution in [0.1, 0.15) is 38.1 Å². The molecule has 2 aromatic rings. The third-order valence-corrected chi connectivity index (χ3v) is 3.77. The van der Waals surface area contributed by atoms with E-state index in [-0.39, 0.29) is 17.8 Å². The average Bonchev–Trinajstić information content (AvgIpc) is 2.93. The molecule has 1 aromatic carbocycles. The number of carbonyl (C=O) groups is 1. The maximum Gasteiger partial charge on any atom is 0.316 e. The summed E-state index contributed by atoms with van der Waals surface area (Å²) in [6.07, 6.45) is 0.562. The summed E-state index contributed by atoms with van der Waals surface area (Å²) in [5, 5.41) is 8.38. The molecule has 1 aromatic heterocycles. The van der Waals surface area contributed by atoms with Crippen LogP contribution in [-0.2, 0) is 16.0 Å². The first kappa shape index (κ1) is 16.5. The van der Waals surface area contributed by atoms with Crippen LogP contribution in [0.3, 0.4) is 0 Å². The van der Waals surface area contributed by atoms with Gasteiger partial charge in [0.15, 0.2) is 0 Å². The zero-order chi connectivity index (χ0) is 15.9. The molecule has 0 fully saturated rings. The number of hydrogen-bond acceptors (Lipinski definition) is 6. The Hall–Kier alpha value is -1.82. The molecule has 0 aliphatic carbocycles. The van der Waals surface area contributed by atoms with Crippen LogP contribution in [0, 0.1) is 0 Å². The smallest absolute Gasteiger partial charge is 0.316 e. The minimum absolute atomic E-state index is 0.113. The molecule has 0 amide bonds. The van der Waals surface area contributed by atoms with Crippen LogP contribution in [0.25, 0.3) is 0 Å². The minimum Gasteiger partial charge on any atom is -0.462 e. The van der Waals surface area contributed by atoms with E-state index < -0.39 is 0 Å². The van der Waals surface area contributed by atoms with E-state index in [9.17, 15) is 4.79 Å². The fourth-order valence-electron chi connectivity index (χ4n) is 1.96. The second kappa shape index (κ2) is 7.98. The normalized spacial score (nSPS) is 12.4.